The Bertz CT molecular complexity index is 614. The zero-order chi connectivity index (χ0) is 14.7. The van der Waals surface area contributed by atoms with Crippen LogP contribution in [-0.4, -0.2) is 53.3 Å². The summed E-state index contributed by atoms with van der Waals surface area (Å²) in [5, 5.41) is 4.03. The minimum atomic E-state index is 0.522. The standard InChI is InChI=1S/C12H16N6O2S/c1-8-7-20-12(14-8)21-11-16-9(13-2)15-10(17-11)18-3-5-19-6-4-18/h7H,3-6H2,1-2H3,(H,13,15,16,17). The van der Waals surface area contributed by atoms with E-state index in [2.05, 4.69) is 30.2 Å². The van der Waals surface area contributed by atoms with Gasteiger partial charge in [0.1, 0.15) is 6.26 Å². The maximum absolute atomic E-state index is 5.35. The lowest BCUT2D eigenvalue weighted by molar-refractivity contribution is 0.122. The SMILES string of the molecule is CNc1nc(Sc2nc(C)co2)nc(N2CCOCC2)n1. The molecule has 0 aliphatic carbocycles. The Morgan fingerprint density at radius 3 is 2.67 bits per heavy atom. The van der Waals surface area contributed by atoms with Gasteiger partial charge in [-0.15, -0.1) is 0 Å². The van der Waals surface area contributed by atoms with Gasteiger partial charge in [0.25, 0.3) is 5.22 Å². The molecule has 1 aliphatic heterocycles. The first kappa shape index (κ1) is 14.1. The molecule has 0 unspecified atom stereocenters. The number of hydrogen-bond donors (Lipinski definition) is 1. The molecule has 1 aliphatic rings. The molecule has 112 valence electrons. The third kappa shape index (κ3) is 3.42. The Labute approximate surface area is 126 Å². The van der Waals surface area contributed by atoms with E-state index in [1.165, 1.54) is 11.8 Å². The Balaban J connectivity index is 1.85. The van der Waals surface area contributed by atoms with Gasteiger partial charge in [0, 0.05) is 31.9 Å². The zero-order valence-electron chi connectivity index (χ0n) is 11.9. The third-order valence-corrected chi connectivity index (χ3v) is 3.62. The topological polar surface area (TPSA) is 89.2 Å². The van der Waals surface area contributed by atoms with Crippen molar-refractivity contribution in [3.05, 3.63) is 12.0 Å². The van der Waals surface area contributed by atoms with Gasteiger partial charge in [-0.3, -0.25) is 0 Å². The molecule has 0 spiro atoms. The molecule has 3 heterocycles. The number of morpholine rings is 1. The summed E-state index contributed by atoms with van der Waals surface area (Å²) in [5.41, 5.74) is 0.828. The molecule has 0 amide bonds. The van der Waals surface area contributed by atoms with Gasteiger partial charge < -0.3 is 19.4 Å². The highest BCUT2D eigenvalue weighted by Gasteiger charge is 2.17. The molecule has 2 aromatic heterocycles. The number of nitrogens with one attached hydrogen (secondary N) is 1. The van der Waals surface area contributed by atoms with E-state index in [0.29, 0.717) is 35.5 Å². The quantitative estimate of drug-likeness (QED) is 0.894. The van der Waals surface area contributed by atoms with Gasteiger partial charge in [-0.2, -0.15) is 15.0 Å². The minimum Gasteiger partial charge on any atom is -0.439 e. The van der Waals surface area contributed by atoms with Crippen LogP contribution < -0.4 is 10.2 Å². The normalized spacial score (nSPS) is 15.2. The number of ether oxygens (including phenoxy) is 1. The lowest BCUT2D eigenvalue weighted by Gasteiger charge is -2.26. The summed E-state index contributed by atoms with van der Waals surface area (Å²) in [5.74, 6) is 1.17. The Morgan fingerprint density at radius 2 is 2.00 bits per heavy atom. The van der Waals surface area contributed by atoms with Crippen molar-refractivity contribution in [1.29, 1.82) is 0 Å². The fourth-order valence-corrected chi connectivity index (χ4v) is 2.57. The largest absolute Gasteiger partial charge is 0.439 e. The van der Waals surface area contributed by atoms with Gasteiger partial charge >= 0.3 is 0 Å². The van der Waals surface area contributed by atoms with E-state index in [4.69, 9.17) is 9.15 Å². The van der Waals surface area contributed by atoms with Gasteiger partial charge in [-0.05, 0) is 6.92 Å². The van der Waals surface area contributed by atoms with Crippen LogP contribution in [0, 0.1) is 6.92 Å². The molecule has 9 heteroatoms. The molecule has 1 saturated heterocycles. The van der Waals surface area contributed by atoms with Crippen molar-refractivity contribution in [2.24, 2.45) is 0 Å². The maximum Gasteiger partial charge on any atom is 0.263 e. The Hall–Kier alpha value is -1.87. The van der Waals surface area contributed by atoms with Crippen LogP contribution in [0.3, 0.4) is 0 Å². The second kappa shape index (κ2) is 6.27. The minimum absolute atomic E-state index is 0.522. The second-order valence-corrected chi connectivity index (χ2v) is 5.37. The number of rotatable bonds is 4. The van der Waals surface area contributed by atoms with Crippen LogP contribution in [0.15, 0.2) is 21.1 Å². The first-order valence-corrected chi connectivity index (χ1v) is 7.43. The lowest BCUT2D eigenvalue weighted by Crippen LogP contribution is -2.37. The highest BCUT2D eigenvalue weighted by atomic mass is 32.2. The van der Waals surface area contributed by atoms with Crippen LogP contribution in [0.25, 0.3) is 0 Å². The Morgan fingerprint density at radius 1 is 1.19 bits per heavy atom. The molecule has 2 aromatic rings. The molecule has 3 rings (SSSR count). The molecule has 0 saturated carbocycles. The fraction of sp³-hybridized carbons (Fsp3) is 0.500. The second-order valence-electron chi connectivity index (χ2n) is 4.45. The monoisotopic (exact) mass is 308 g/mol. The number of anilines is 2. The van der Waals surface area contributed by atoms with E-state index in [1.807, 2.05) is 6.92 Å². The summed E-state index contributed by atoms with van der Waals surface area (Å²) in [6.07, 6.45) is 1.60. The van der Waals surface area contributed by atoms with Crippen LogP contribution in [0.4, 0.5) is 11.9 Å². The van der Waals surface area contributed by atoms with Crippen LogP contribution >= 0.6 is 11.8 Å². The molecule has 21 heavy (non-hydrogen) atoms. The molecule has 1 fully saturated rings. The van der Waals surface area contributed by atoms with E-state index >= 15 is 0 Å². The van der Waals surface area contributed by atoms with Gasteiger partial charge in [-0.1, -0.05) is 0 Å². The van der Waals surface area contributed by atoms with Crippen molar-refractivity contribution in [3.8, 4) is 0 Å². The van der Waals surface area contributed by atoms with Crippen LogP contribution in [-0.2, 0) is 4.74 Å². The predicted octanol–water partition coefficient (Wildman–Crippen LogP) is 1.20. The first-order chi connectivity index (χ1) is 10.2. The first-order valence-electron chi connectivity index (χ1n) is 6.61. The van der Waals surface area contributed by atoms with Gasteiger partial charge in [0.2, 0.25) is 17.1 Å². The molecular weight excluding hydrogens is 292 g/mol. The summed E-state index contributed by atoms with van der Waals surface area (Å²) in [6, 6.07) is 0. The van der Waals surface area contributed by atoms with E-state index in [1.54, 1.807) is 13.3 Å². The summed E-state index contributed by atoms with van der Waals surface area (Å²) in [4.78, 5) is 19.5. The molecular formula is C12H16N6O2S. The van der Waals surface area contributed by atoms with Crippen molar-refractivity contribution in [2.75, 3.05) is 43.6 Å². The third-order valence-electron chi connectivity index (χ3n) is 2.90. The Kier molecular flexibility index (Phi) is 4.20. The lowest BCUT2D eigenvalue weighted by atomic mass is 10.4. The molecule has 0 atom stereocenters. The van der Waals surface area contributed by atoms with Crippen molar-refractivity contribution in [3.63, 3.8) is 0 Å². The highest BCUT2D eigenvalue weighted by Crippen LogP contribution is 2.26. The molecule has 0 radical (unpaired) electrons. The van der Waals surface area contributed by atoms with Crippen LogP contribution in [0.1, 0.15) is 5.69 Å². The molecule has 1 N–H and O–H groups in total. The summed E-state index contributed by atoms with van der Waals surface area (Å²) in [6.45, 7) is 4.79. The van der Waals surface area contributed by atoms with Crippen molar-refractivity contribution >= 4 is 23.7 Å². The molecule has 8 nitrogen and oxygen atoms in total. The molecule has 0 bridgehead atoms. The average Bonchev–Trinajstić information content (AvgIpc) is 2.93. The molecule has 0 aromatic carbocycles. The van der Waals surface area contributed by atoms with E-state index < -0.39 is 0 Å². The van der Waals surface area contributed by atoms with Gasteiger partial charge in [0.15, 0.2) is 0 Å². The number of oxazole rings is 1. The predicted molar refractivity (Wildman–Crippen MR) is 77.8 cm³/mol. The van der Waals surface area contributed by atoms with Gasteiger partial charge in [-0.25, -0.2) is 4.98 Å². The summed E-state index contributed by atoms with van der Waals surface area (Å²) >= 11 is 1.28. The summed E-state index contributed by atoms with van der Waals surface area (Å²) in [7, 11) is 1.78. The van der Waals surface area contributed by atoms with E-state index in [9.17, 15) is 0 Å². The van der Waals surface area contributed by atoms with Crippen LogP contribution in [0.2, 0.25) is 0 Å². The van der Waals surface area contributed by atoms with Crippen molar-refractivity contribution < 1.29 is 9.15 Å². The number of hydrogen-bond acceptors (Lipinski definition) is 9. The van der Waals surface area contributed by atoms with Crippen LogP contribution in [0.5, 0.6) is 0 Å². The maximum atomic E-state index is 5.35. The number of nitrogens with zero attached hydrogens (tertiary/aromatic N) is 5. The smallest absolute Gasteiger partial charge is 0.263 e. The highest BCUT2D eigenvalue weighted by molar-refractivity contribution is 7.98. The van der Waals surface area contributed by atoms with E-state index in [-0.39, 0.29) is 0 Å². The average molecular weight is 308 g/mol. The number of aryl methyl sites for hydroxylation is 1. The zero-order valence-corrected chi connectivity index (χ0v) is 12.7. The number of aromatic nitrogens is 4. The van der Waals surface area contributed by atoms with E-state index in [0.717, 1.165) is 18.8 Å². The van der Waals surface area contributed by atoms with Crippen molar-refractivity contribution in [2.45, 2.75) is 17.3 Å². The van der Waals surface area contributed by atoms with Crippen molar-refractivity contribution in [1.82, 2.24) is 19.9 Å². The summed E-state index contributed by atoms with van der Waals surface area (Å²) < 4.78 is 10.7. The van der Waals surface area contributed by atoms with Gasteiger partial charge in [0.05, 0.1) is 18.9 Å². The fourth-order valence-electron chi connectivity index (χ4n) is 1.87.